The second-order valence-corrected chi connectivity index (χ2v) is 2.76. The van der Waals surface area contributed by atoms with Gasteiger partial charge in [0.15, 0.2) is 0 Å². The minimum absolute atomic E-state index is 0.170. The van der Waals surface area contributed by atoms with Crippen LogP contribution < -0.4 is 5.56 Å². The predicted molar refractivity (Wildman–Crippen MR) is 48.4 cm³/mol. The van der Waals surface area contributed by atoms with Gasteiger partial charge in [-0.25, -0.2) is 9.90 Å². The Morgan fingerprint density at radius 1 is 1.31 bits per heavy atom. The van der Waals surface area contributed by atoms with E-state index in [1.54, 1.807) is 0 Å². The largest absolute Gasteiger partial charge is 0.284 e. The van der Waals surface area contributed by atoms with Gasteiger partial charge in [-0.2, -0.15) is 5.10 Å². The fraction of sp³-hybridized carbons (Fsp3) is 0.111. The summed E-state index contributed by atoms with van der Waals surface area (Å²) in [7, 11) is 0. The van der Waals surface area contributed by atoms with Crippen molar-refractivity contribution in [2.45, 2.75) is 6.54 Å². The van der Waals surface area contributed by atoms with Gasteiger partial charge in [0, 0.05) is 0 Å². The number of nitrogens with zero attached hydrogens (tertiary/aromatic N) is 2. The molecular formula is C9H9N3O. The molecule has 2 aromatic rings. The van der Waals surface area contributed by atoms with Gasteiger partial charge in [-0.1, -0.05) is 30.3 Å². The zero-order chi connectivity index (χ0) is 9.10. The third kappa shape index (κ3) is 1.84. The molecule has 0 saturated carbocycles. The zero-order valence-corrected chi connectivity index (χ0v) is 6.97. The topological polar surface area (TPSA) is 50.7 Å². The molecule has 0 aliphatic rings. The summed E-state index contributed by atoms with van der Waals surface area (Å²) in [6.45, 7) is 0.600. The second-order valence-electron chi connectivity index (χ2n) is 2.76. The van der Waals surface area contributed by atoms with Gasteiger partial charge in [0.25, 0.3) is 5.56 Å². The van der Waals surface area contributed by atoms with Crippen LogP contribution in [0, 0.1) is 0 Å². The fourth-order valence-electron chi connectivity index (χ4n) is 1.14. The molecular weight excluding hydrogens is 166 g/mol. The van der Waals surface area contributed by atoms with Crippen LogP contribution in [0.25, 0.3) is 0 Å². The lowest BCUT2D eigenvalue weighted by Crippen LogP contribution is -2.07. The van der Waals surface area contributed by atoms with Gasteiger partial charge in [0.1, 0.15) is 6.20 Å². The number of nitrogens with one attached hydrogen (secondary N) is 1. The number of hydrogen-bond acceptors (Lipinski definition) is 2. The highest BCUT2D eigenvalue weighted by Crippen LogP contribution is 1.98. The van der Waals surface area contributed by atoms with Crippen molar-refractivity contribution in [1.29, 1.82) is 0 Å². The molecule has 66 valence electrons. The molecule has 1 heterocycles. The third-order valence-corrected chi connectivity index (χ3v) is 1.73. The number of aromatic nitrogens is 3. The van der Waals surface area contributed by atoms with Gasteiger partial charge in [0.2, 0.25) is 0 Å². The van der Waals surface area contributed by atoms with E-state index in [4.69, 9.17) is 0 Å². The van der Waals surface area contributed by atoms with Gasteiger partial charge in [-0.15, -0.1) is 0 Å². The molecule has 0 radical (unpaired) electrons. The Morgan fingerprint density at radius 3 is 2.69 bits per heavy atom. The first-order chi connectivity index (χ1) is 6.34. The lowest BCUT2D eigenvalue weighted by Gasteiger charge is -1.99. The normalized spacial score (nSPS) is 10.2. The molecule has 1 aromatic heterocycles. The predicted octanol–water partition coefficient (Wildman–Crippen LogP) is 0.620. The first kappa shape index (κ1) is 7.79. The highest BCUT2D eigenvalue weighted by Gasteiger charge is 1.94. The van der Waals surface area contributed by atoms with Crippen LogP contribution in [0.1, 0.15) is 5.56 Å². The number of rotatable bonds is 2. The molecule has 1 N–H and O–H groups in total. The number of H-pyrrole nitrogens is 1. The summed E-state index contributed by atoms with van der Waals surface area (Å²) in [6, 6.07) is 9.84. The summed E-state index contributed by atoms with van der Waals surface area (Å²) in [5.41, 5.74) is 0.942. The van der Waals surface area contributed by atoms with Crippen molar-refractivity contribution in [1.82, 2.24) is 15.0 Å². The summed E-state index contributed by atoms with van der Waals surface area (Å²) in [6.07, 6.45) is 1.27. The molecule has 0 atom stereocenters. The van der Waals surface area contributed by atoms with Crippen molar-refractivity contribution in [3.8, 4) is 0 Å². The van der Waals surface area contributed by atoms with Crippen molar-refractivity contribution in [2.75, 3.05) is 0 Å². The molecule has 0 amide bonds. The van der Waals surface area contributed by atoms with E-state index in [-0.39, 0.29) is 5.56 Å². The molecule has 0 aliphatic heterocycles. The van der Waals surface area contributed by atoms with Crippen LogP contribution in [0.4, 0.5) is 0 Å². The maximum atomic E-state index is 10.7. The highest BCUT2D eigenvalue weighted by atomic mass is 16.1. The summed E-state index contributed by atoms with van der Waals surface area (Å²) in [4.78, 5) is 12.3. The van der Waals surface area contributed by atoms with E-state index in [9.17, 15) is 4.79 Å². The molecule has 0 fully saturated rings. The lowest BCUT2D eigenvalue weighted by molar-refractivity contribution is 0.587. The molecule has 4 heteroatoms. The van der Waals surface area contributed by atoms with E-state index < -0.39 is 0 Å². The Kier molecular flexibility index (Phi) is 1.96. The molecule has 0 bridgehead atoms. The van der Waals surface area contributed by atoms with Crippen LogP contribution in [-0.2, 0) is 6.54 Å². The van der Waals surface area contributed by atoms with Gasteiger partial charge >= 0.3 is 0 Å². The van der Waals surface area contributed by atoms with E-state index >= 15 is 0 Å². The fourth-order valence-corrected chi connectivity index (χ4v) is 1.14. The Morgan fingerprint density at radius 2 is 2.08 bits per heavy atom. The van der Waals surface area contributed by atoms with E-state index in [1.165, 1.54) is 11.0 Å². The van der Waals surface area contributed by atoms with E-state index in [0.29, 0.717) is 6.54 Å². The zero-order valence-electron chi connectivity index (χ0n) is 6.97. The maximum Gasteiger partial charge on any atom is 0.284 e. The van der Waals surface area contributed by atoms with Crippen LogP contribution in [0.5, 0.6) is 0 Å². The molecule has 2 rings (SSSR count). The SMILES string of the molecule is O=c1cnn(Cc2ccccc2)[nH]1. The van der Waals surface area contributed by atoms with Crippen LogP contribution in [-0.4, -0.2) is 15.0 Å². The van der Waals surface area contributed by atoms with E-state index in [2.05, 4.69) is 10.2 Å². The average Bonchev–Trinajstić information content (AvgIpc) is 2.53. The number of benzene rings is 1. The monoisotopic (exact) mass is 175 g/mol. The molecule has 1 aromatic carbocycles. The maximum absolute atomic E-state index is 10.7. The van der Waals surface area contributed by atoms with Crippen molar-refractivity contribution >= 4 is 0 Å². The van der Waals surface area contributed by atoms with E-state index in [1.807, 2.05) is 30.3 Å². The smallest absolute Gasteiger partial charge is 0.266 e. The van der Waals surface area contributed by atoms with Crippen molar-refractivity contribution in [2.24, 2.45) is 0 Å². The molecule has 0 saturated heterocycles. The number of hydrogen-bond donors (Lipinski definition) is 1. The summed E-state index contributed by atoms with van der Waals surface area (Å²) in [5, 5.41) is 6.43. The minimum atomic E-state index is -0.170. The van der Waals surface area contributed by atoms with E-state index in [0.717, 1.165) is 5.56 Å². The van der Waals surface area contributed by atoms with Crippen molar-refractivity contribution in [3.63, 3.8) is 0 Å². The van der Waals surface area contributed by atoms with Crippen LogP contribution >= 0.6 is 0 Å². The third-order valence-electron chi connectivity index (χ3n) is 1.73. The summed E-state index contributed by atoms with van der Waals surface area (Å²) >= 11 is 0. The molecule has 13 heavy (non-hydrogen) atoms. The lowest BCUT2D eigenvalue weighted by atomic mass is 10.2. The molecule has 0 spiro atoms. The molecule has 0 unspecified atom stereocenters. The first-order valence-electron chi connectivity index (χ1n) is 4.01. The van der Waals surface area contributed by atoms with Crippen molar-refractivity contribution < 1.29 is 0 Å². The minimum Gasteiger partial charge on any atom is -0.266 e. The molecule has 0 aliphatic carbocycles. The standard InChI is InChI=1S/C9H9N3O/c13-9-6-10-12(11-9)7-8-4-2-1-3-5-8/h1-6H,7H2,(H,11,13). The van der Waals surface area contributed by atoms with Crippen LogP contribution in [0.15, 0.2) is 41.3 Å². The summed E-state index contributed by atoms with van der Waals surface area (Å²) in [5.74, 6) is 0. The first-order valence-corrected chi connectivity index (χ1v) is 4.01. The second kappa shape index (κ2) is 3.26. The summed E-state index contributed by atoms with van der Waals surface area (Å²) < 4.78 is 0. The quantitative estimate of drug-likeness (QED) is 0.727. The van der Waals surface area contributed by atoms with Crippen LogP contribution in [0.3, 0.4) is 0 Å². The van der Waals surface area contributed by atoms with Gasteiger partial charge in [-0.05, 0) is 5.56 Å². The highest BCUT2D eigenvalue weighted by molar-refractivity contribution is 5.14. The number of aromatic amines is 1. The average molecular weight is 175 g/mol. The molecule has 4 nitrogen and oxygen atoms in total. The van der Waals surface area contributed by atoms with Gasteiger partial charge < -0.3 is 0 Å². The van der Waals surface area contributed by atoms with Gasteiger partial charge in [-0.3, -0.25) is 4.79 Å². The van der Waals surface area contributed by atoms with Gasteiger partial charge in [0.05, 0.1) is 6.54 Å². The Hall–Kier alpha value is -1.84. The van der Waals surface area contributed by atoms with Crippen LogP contribution in [0.2, 0.25) is 0 Å². The Bertz CT molecular complexity index is 429. The van der Waals surface area contributed by atoms with Crippen molar-refractivity contribution in [3.05, 3.63) is 52.4 Å². The Balaban J connectivity index is 2.20. The Labute approximate surface area is 74.8 Å².